The highest BCUT2D eigenvalue weighted by Crippen LogP contribution is 2.23. The first-order chi connectivity index (χ1) is 7.66. The lowest BCUT2D eigenvalue weighted by Crippen LogP contribution is -2.49. The Labute approximate surface area is 110 Å². The molecular weight excluding hydrogens is 288 g/mol. The van der Waals surface area contributed by atoms with Gasteiger partial charge in [0.1, 0.15) is 0 Å². The van der Waals surface area contributed by atoms with Crippen LogP contribution in [-0.4, -0.2) is 30.6 Å². The molecule has 1 aliphatic heterocycles. The van der Waals surface area contributed by atoms with Crippen LogP contribution in [-0.2, 0) is 6.54 Å². The van der Waals surface area contributed by atoms with Gasteiger partial charge in [-0.25, -0.2) is 0 Å². The van der Waals surface area contributed by atoms with Gasteiger partial charge in [-0.05, 0) is 24.6 Å². The maximum Gasteiger partial charge on any atom is 0.0417 e. The summed E-state index contributed by atoms with van der Waals surface area (Å²) in [4.78, 5) is 2.49. The van der Waals surface area contributed by atoms with Gasteiger partial charge >= 0.3 is 0 Å². The number of nitrogens with zero attached hydrogens (tertiary/aromatic N) is 1. The van der Waals surface area contributed by atoms with E-state index in [0.717, 1.165) is 35.7 Å². The number of piperazine rings is 1. The van der Waals surface area contributed by atoms with Crippen LogP contribution >= 0.6 is 27.5 Å². The highest BCUT2D eigenvalue weighted by atomic mass is 79.9. The first-order valence-corrected chi connectivity index (χ1v) is 6.72. The maximum atomic E-state index is 5.93. The lowest BCUT2D eigenvalue weighted by atomic mass is 10.1. The molecule has 1 aliphatic rings. The molecule has 0 spiro atoms. The van der Waals surface area contributed by atoms with Crippen LogP contribution in [0.25, 0.3) is 0 Å². The van der Waals surface area contributed by atoms with Gasteiger partial charge in [-0.3, -0.25) is 4.90 Å². The Bertz CT molecular complexity index is 370. The second kappa shape index (κ2) is 5.50. The van der Waals surface area contributed by atoms with E-state index < -0.39 is 0 Å². The molecule has 0 aliphatic carbocycles. The second-order valence-electron chi connectivity index (χ2n) is 4.26. The molecule has 2 rings (SSSR count). The molecule has 0 radical (unpaired) electrons. The summed E-state index contributed by atoms with van der Waals surface area (Å²) in [5, 5.41) is 4.18. The Morgan fingerprint density at radius 1 is 1.56 bits per heavy atom. The SMILES string of the molecule is C[C@H]1CNCCN1Cc1ccc(Cl)cc1Br. The Hall–Kier alpha value is -0.0900. The second-order valence-corrected chi connectivity index (χ2v) is 5.55. The Kier molecular flexibility index (Phi) is 4.25. The number of nitrogens with one attached hydrogen (secondary N) is 1. The topological polar surface area (TPSA) is 15.3 Å². The monoisotopic (exact) mass is 302 g/mol. The zero-order valence-electron chi connectivity index (χ0n) is 9.34. The third-order valence-electron chi connectivity index (χ3n) is 3.03. The van der Waals surface area contributed by atoms with Crippen LogP contribution in [0.15, 0.2) is 22.7 Å². The van der Waals surface area contributed by atoms with E-state index >= 15 is 0 Å². The van der Waals surface area contributed by atoms with Gasteiger partial charge in [-0.2, -0.15) is 0 Å². The summed E-state index contributed by atoms with van der Waals surface area (Å²) < 4.78 is 1.10. The van der Waals surface area contributed by atoms with E-state index in [4.69, 9.17) is 11.6 Å². The Morgan fingerprint density at radius 2 is 2.38 bits per heavy atom. The molecule has 0 bridgehead atoms. The molecule has 0 aromatic heterocycles. The lowest BCUT2D eigenvalue weighted by Gasteiger charge is -2.34. The third-order valence-corrected chi connectivity index (χ3v) is 4.00. The van der Waals surface area contributed by atoms with Crippen molar-refractivity contribution in [3.63, 3.8) is 0 Å². The summed E-state index contributed by atoms with van der Waals surface area (Å²) in [5.74, 6) is 0. The van der Waals surface area contributed by atoms with E-state index in [2.05, 4.69) is 39.1 Å². The molecule has 0 amide bonds. The fourth-order valence-electron chi connectivity index (χ4n) is 1.99. The fourth-order valence-corrected chi connectivity index (χ4v) is 2.79. The molecule has 1 aromatic carbocycles. The molecule has 4 heteroatoms. The van der Waals surface area contributed by atoms with Crippen LogP contribution < -0.4 is 5.32 Å². The average molecular weight is 304 g/mol. The van der Waals surface area contributed by atoms with Gasteiger partial charge in [-0.1, -0.05) is 33.6 Å². The maximum absolute atomic E-state index is 5.93. The van der Waals surface area contributed by atoms with Crippen molar-refractivity contribution in [3.8, 4) is 0 Å². The van der Waals surface area contributed by atoms with Gasteiger partial charge < -0.3 is 5.32 Å². The largest absolute Gasteiger partial charge is 0.314 e. The lowest BCUT2D eigenvalue weighted by molar-refractivity contribution is 0.165. The van der Waals surface area contributed by atoms with E-state index in [0.29, 0.717) is 6.04 Å². The number of hydrogen-bond acceptors (Lipinski definition) is 2. The number of rotatable bonds is 2. The minimum Gasteiger partial charge on any atom is -0.314 e. The molecule has 1 saturated heterocycles. The number of hydrogen-bond donors (Lipinski definition) is 1. The van der Waals surface area contributed by atoms with E-state index in [1.165, 1.54) is 5.56 Å². The van der Waals surface area contributed by atoms with Crippen molar-refractivity contribution < 1.29 is 0 Å². The van der Waals surface area contributed by atoms with E-state index in [-0.39, 0.29) is 0 Å². The summed E-state index contributed by atoms with van der Waals surface area (Å²) in [6.45, 7) is 6.51. The summed E-state index contributed by atoms with van der Waals surface area (Å²) in [6, 6.07) is 6.61. The highest BCUT2D eigenvalue weighted by Gasteiger charge is 2.18. The van der Waals surface area contributed by atoms with Crippen LogP contribution in [0.5, 0.6) is 0 Å². The zero-order chi connectivity index (χ0) is 11.5. The van der Waals surface area contributed by atoms with Crippen LogP contribution in [0.1, 0.15) is 12.5 Å². The van der Waals surface area contributed by atoms with Crippen LogP contribution in [0, 0.1) is 0 Å². The molecule has 1 aromatic rings. The molecule has 0 unspecified atom stereocenters. The minimum atomic E-state index is 0.594. The average Bonchev–Trinajstić information content (AvgIpc) is 2.25. The van der Waals surface area contributed by atoms with Gasteiger partial charge in [0.2, 0.25) is 0 Å². The summed E-state index contributed by atoms with van der Waals surface area (Å²) >= 11 is 9.50. The van der Waals surface area contributed by atoms with Crippen molar-refractivity contribution in [1.82, 2.24) is 10.2 Å². The first kappa shape index (κ1) is 12.4. The molecule has 1 fully saturated rings. The first-order valence-electron chi connectivity index (χ1n) is 5.55. The van der Waals surface area contributed by atoms with Crippen molar-refractivity contribution in [1.29, 1.82) is 0 Å². The smallest absolute Gasteiger partial charge is 0.0417 e. The standard InChI is InChI=1S/C12H16BrClN2/c1-9-7-15-4-5-16(9)8-10-2-3-11(14)6-12(10)13/h2-3,6,9,15H,4-5,7-8H2,1H3/t9-/m0/s1. The van der Waals surface area contributed by atoms with Crippen LogP contribution in [0.2, 0.25) is 5.02 Å². The minimum absolute atomic E-state index is 0.594. The Morgan fingerprint density at radius 3 is 3.06 bits per heavy atom. The highest BCUT2D eigenvalue weighted by molar-refractivity contribution is 9.10. The molecular formula is C12H16BrClN2. The summed E-state index contributed by atoms with van der Waals surface area (Å²) in [5.41, 5.74) is 1.30. The van der Waals surface area contributed by atoms with Gasteiger partial charge in [0.15, 0.2) is 0 Å². The zero-order valence-corrected chi connectivity index (χ0v) is 11.7. The van der Waals surface area contributed by atoms with Gasteiger partial charge in [0.25, 0.3) is 0 Å². The van der Waals surface area contributed by atoms with E-state index in [9.17, 15) is 0 Å². The Balaban J connectivity index is 2.07. The fraction of sp³-hybridized carbons (Fsp3) is 0.500. The van der Waals surface area contributed by atoms with Crippen LogP contribution in [0.3, 0.4) is 0 Å². The third kappa shape index (κ3) is 2.98. The van der Waals surface area contributed by atoms with Gasteiger partial charge in [-0.15, -0.1) is 0 Å². The van der Waals surface area contributed by atoms with Crippen molar-refractivity contribution in [3.05, 3.63) is 33.3 Å². The van der Waals surface area contributed by atoms with E-state index in [1.54, 1.807) is 0 Å². The number of halogens is 2. The normalized spacial score (nSPS) is 22.3. The molecule has 2 nitrogen and oxygen atoms in total. The van der Waals surface area contributed by atoms with E-state index in [1.807, 2.05) is 12.1 Å². The summed E-state index contributed by atoms with van der Waals surface area (Å²) in [6.07, 6.45) is 0. The van der Waals surface area contributed by atoms with Crippen molar-refractivity contribution in [2.75, 3.05) is 19.6 Å². The number of benzene rings is 1. The molecule has 16 heavy (non-hydrogen) atoms. The van der Waals surface area contributed by atoms with Crippen molar-refractivity contribution in [2.45, 2.75) is 19.5 Å². The molecule has 1 N–H and O–H groups in total. The molecule has 1 atom stereocenters. The molecule has 1 heterocycles. The summed E-state index contributed by atoms with van der Waals surface area (Å²) in [7, 11) is 0. The predicted octanol–water partition coefficient (Wildman–Crippen LogP) is 2.90. The predicted molar refractivity (Wildman–Crippen MR) is 71.9 cm³/mol. The van der Waals surface area contributed by atoms with Crippen molar-refractivity contribution >= 4 is 27.5 Å². The van der Waals surface area contributed by atoms with Crippen LogP contribution in [0.4, 0.5) is 0 Å². The van der Waals surface area contributed by atoms with Gasteiger partial charge in [0, 0.05) is 41.7 Å². The van der Waals surface area contributed by atoms with Crippen molar-refractivity contribution in [2.24, 2.45) is 0 Å². The van der Waals surface area contributed by atoms with Gasteiger partial charge in [0.05, 0.1) is 0 Å². The molecule has 0 saturated carbocycles. The quantitative estimate of drug-likeness (QED) is 0.904. The molecule has 88 valence electrons.